The number of amides is 2. The number of methoxy groups -OCH3 is 1. The maximum absolute atomic E-state index is 12.6. The lowest BCUT2D eigenvalue weighted by Gasteiger charge is -2.18. The molecule has 0 bridgehead atoms. The molecule has 27 heavy (non-hydrogen) atoms. The quantitative estimate of drug-likeness (QED) is 0.539. The van der Waals surface area contributed by atoms with Crippen LogP contribution < -0.4 is 10.1 Å². The van der Waals surface area contributed by atoms with Crippen molar-refractivity contribution >= 4 is 45.0 Å². The van der Waals surface area contributed by atoms with Crippen LogP contribution in [-0.2, 0) is 6.54 Å². The Kier molecular flexibility index (Phi) is 4.45. The van der Waals surface area contributed by atoms with Crippen LogP contribution in [0, 0.1) is 6.92 Å². The molecule has 0 spiro atoms. The van der Waals surface area contributed by atoms with Crippen LogP contribution in [0.5, 0.6) is 5.75 Å². The largest absolute Gasteiger partial charge is 0.495 e. The number of fused-ring (bicyclic) bond motifs is 3. The van der Waals surface area contributed by atoms with Crippen LogP contribution in [0.2, 0.25) is 0 Å². The average Bonchev–Trinajstić information content (AvgIpc) is 3.23. The molecule has 0 saturated heterocycles. The highest BCUT2D eigenvalue weighted by atomic mass is 32.1. The molecule has 1 N–H and O–H groups in total. The van der Waals surface area contributed by atoms with Gasteiger partial charge in [-0.1, -0.05) is 18.2 Å². The average molecular weight is 381 g/mol. The van der Waals surface area contributed by atoms with Crippen LogP contribution >= 0.6 is 11.3 Å². The van der Waals surface area contributed by atoms with E-state index in [9.17, 15) is 4.79 Å². The topological polar surface area (TPSA) is 67.6 Å². The summed E-state index contributed by atoms with van der Waals surface area (Å²) in [5, 5.41) is 7.81. The summed E-state index contributed by atoms with van der Waals surface area (Å²) in [5.74, 6) is 0.584. The maximum Gasteiger partial charge on any atom is 0.322 e. The van der Waals surface area contributed by atoms with Crippen molar-refractivity contribution in [3.05, 3.63) is 52.5 Å². The zero-order valence-electron chi connectivity index (χ0n) is 15.3. The molecule has 0 aliphatic rings. The van der Waals surface area contributed by atoms with E-state index in [1.165, 1.54) is 0 Å². The number of carbonyl (C=O) groups excluding carboxylic acids is 1. The van der Waals surface area contributed by atoms with Crippen LogP contribution in [0.4, 0.5) is 10.5 Å². The molecular formula is C20H19N3O3S. The Bertz CT molecular complexity index is 1130. The standard InChI is InChI=1S/C20H19N3O3S/c1-12-21-13(11-27-12)10-23(2)20(24)22-16-9-18-15(8-19(16)25-3)14-6-4-5-7-17(14)26-18/h4-9,11H,10H2,1-3H3,(H,22,24). The van der Waals surface area contributed by atoms with Gasteiger partial charge in [0.25, 0.3) is 0 Å². The number of furan rings is 1. The number of urea groups is 1. The second-order valence-electron chi connectivity index (χ2n) is 6.29. The second kappa shape index (κ2) is 6.92. The fourth-order valence-electron chi connectivity index (χ4n) is 3.02. The number of nitrogens with zero attached hydrogens (tertiary/aromatic N) is 2. The van der Waals surface area contributed by atoms with Crippen LogP contribution in [0.25, 0.3) is 21.9 Å². The van der Waals surface area contributed by atoms with Crippen molar-refractivity contribution in [1.29, 1.82) is 0 Å². The van der Waals surface area contributed by atoms with Crippen molar-refractivity contribution in [2.45, 2.75) is 13.5 Å². The molecule has 0 saturated carbocycles. The fraction of sp³-hybridized carbons (Fsp3) is 0.200. The number of para-hydroxylation sites is 1. The predicted molar refractivity (Wildman–Crippen MR) is 108 cm³/mol. The first-order valence-electron chi connectivity index (χ1n) is 8.47. The molecule has 0 aliphatic carbocycles. The van der Waals surface area contributed by atoms with E-state index in [1.807, 2.05) is 42.6 Å². The number of aromatic nitrogens is 1. The van der Waals surface area contributed by atoms with Crippen molar-refractivity contribution in [1.82, 2.24) is 9.88 Å². The van der Waals surface area contributed by atoms with E-state index < -0.39 is 0 Å². The third kappa shape index (κ3) is 3.33. The van der Waals surface area contributed by atoms with Crippen LogP contribution in [0.15, 0.2) is 46.2 Å². The highest BCUT2D eigenvalue weighted by Crippen LogP contribution is 2.36. The number of benzene rings is 2. The Hall–Kier alpha value is -3.06. The van der Waals surface area contributed by atoms with Gasteiger partial charge in [-0.3, -0.25) is 0 Å². The summed E-state index contributed by atoms with van der Waals surface area (Å²) < 4.78 is 11.4. The number of hydrogen-bond donors (Lipinski definition) is 1. The Morgan fingerprint density at radius 2 is 2.07 bits per heavy atom. The smallest absolute Gasteiger partial charge is 0.322 e. The van der Waals surface area contributed by atoms with Gasteiger partial charge >= 0.3 is 6.03 Å². The van der Waals surface area contributed by atoms with E-state index in [-0.39, 0.29) is 6.03 Å². The van der Waals surface area contributed by atoms with Gasteiger partial charge in [0.1, 0.15) is 16.9 Å². The van der Waals surface area contributed by atoms with Gasteiger partial charge in [0.2, 0.25) is 0 Å². The summed E-state index contributed by atoms with van der Waals surface area (Å²) in [7, 11) is 3.32. The molecule has 4 rings (SSSR count). The Morgan fingerprint density at radius 3 is 2.81 bits per heavy atom. The summed E-state index contributed by atoms with van der Waals surface area (Å²) in [6.07, 6.45) is 0. The third-order valence-corrected chi connectivity index (χ3v) is 5.18. The van der Waals surface area contributed by atoms with Gasteiger partial charge in [-0.25, -0.2) is 9.78 Å². The van der Waals surface area contributed by atoms with Gasteiger partial charge in [-0.2, -0.15) is 0 Å². The van der Waals surface area contributed by atoms with E-state index in [2.05, 4.69) is 10.3 Å². The first-order chi connectivity index (χ1) is 13.0. The predicted octanol–water partition coefficient (Wildman–Crippen LogP) is 5.02. The monoisotopic (exact) mass is 381 g/mol. The molecule has 7 heteroatoms. The Balaban J connectivity index is 1.62. The highest BCUT2D eigenvalue weighted by molar-refractivity contribution is 7.09. The lowest BCUT2D eigenvalue weighted by molar-refractivity contribution is 0.220. The molecule has 2 heterocycles. The van der Waals surface area contributed by atoms with E-state index in [0.29, 0.717) is 23.6 Å². The number of hydrogen-bond acceptors (Lipinski definition) is 5. The molecule has 0 radical (unpaired) electrons. The molecular weight excluding hydrogens is 362 g/mol. The SMILES string of the molecule is COc1cc2c(cc1NC(=O)N(C)Cc1csc(C)n1)oc1ccccc12. The van der Waals surface area contributed by atoms with E-state index >= 15 is 0 Å². The minimum absolute atomic E-state index is 0.241. The van der Waals surface area contributed by atoms with Crippen molar-refractivity contribution in [3.63, 3.8) is 0 Å². The molecule has 0 aliphatic heterocycles. The molecule has 0 fully saturated rings. The number of aryl methyl sites for hydroxylation is 1. The lowest BCUT2D eigenvalue weighted by Crippen LogP contribution is -2.31. The molecule has 2 aromatic carbocycles. The zero-order valence-corrected chi connectivity index (χ0v) is 16.1. The molecule has 6 nitrogen and oxygen atoms in total. The summed E-state index contributed by atoms with van der Waals surface area (Å²) >= 11 is 1.57. The number of rotatable bonds is 4. The normalized spacial score (nSPS) is 11.1. The minimum atomic E-state index is -0.241. The molecule has 2 amide bonds. The molecule has 2 aromatic heterocycles. The number of anilines is 1. The van der Waals surface area contributed by atoms with Gasteiger partial charge in [0.05, 0.1) is 30.0 Å². The van der Waals surface area contributed by atoms with Gasteiger partial charge < -0.3 is 19.4 Å². The van der Waals surface area contributed by atoms with Crippen molar-refractivity contribution in [2.75, 3.05) is 19.5 Å². The Labute approximate surface area is 160 Å². The van der Waals surface area contributed by atoms with Gasteiger partial charge in [-0.15, -0.1) is 11.3 Å². The van der Waals surface area contributed by atoms with Gasteiger partial charge in [0, 0.05) is 29.3 Å². The Morgan fingerprint density at radius 1 is 1.26 bits per heavy atom. The van der Waals surface area contributed by atoms with Crippen LogP contribution in [0.1, 0.15) is 10.7 Å². The van der Waals surface area contributed by atoms with Crippen molar-refractivity contribution in [3.8, 4) is 5.75 Å². The van der Waals surface area contributed by atoms with Crippen molar-refractivity contribution < 1.29 is 13.9 Å². The first-order valence-corrected chi connectivity index (χ1v) is 9.35. The molecule has 4 aromatic rings. The minimum Gasteiger partial charge on any atom is -0.495 e. The van der Waals surface area contributed by atoms with Crippen LogP contribution in [-0.4, -0.2) is 30.1 Å². The maximum atomic E-state index is 12.6. The summed E-state index contributed by atoms with van der Waals surface area (Å²) in [6.45, 7) is 2.38. The number of ether oxygens (including phenoxy) is 1. The molecule has 0 unspecified atom stereocenters. The zero-order chi connectivity index (χ0) is 19.0. The fourth-order valence-corrected chi connectivity index (χ4v) is 3.63. The number of thiazole rings is 1. The summed E-state index contributed by atoms with van der Waals surface area (Å²) in [6, 6.07) is 11.3. The first kappa shape index (κ1) is 17.4. The van der Waals surface area contributed by atoms with E-state index in [1.54, 1.807) is 36.5 Å². The second-order valence-corrected chi connectivity index (χ2v) is 7.35. The molecule has 0 atom stereocenters. The highest BCUT2D eigenvalue weighted by Gasteiger charge is 2.16. The molecule has 138 valence electrons. The van der Waals surface area contributed by atoms with Crippen molar-refractivity contribution in [2.24, 2.45) is 0 Å². The third-order valence-electron chi connectivity index (χ3n) is 4.35. The number of carbonyl (C=O) groups is 1. The number of nitrogens with one attached hydrogen (secondary N) is 1. The van der Waals surface area contributed by atoms with E-state index in [4.69, 9.17) is 9.15 Å². The summed E-state index contributed by atoms with van der Waals surface area (Å²) in [5.41, 5.74) is 2.93. The van der Waals surface area contributed by atoms with E-state index in [0.717, 1.165) is 27.1 Å². The van der Waals surface area contributed by atoms with Crippen LogP contribution in [0.3, 0.4) is 0 Å². The summed E-state index contributed by atoms with van der Waals surface area (Å²) in [4.78, 5) is 18.6. The lowest BCUT2D eigenvalue weighted by atomic mass is 10.1. The van der Waals surface area contributed by atoms with Gasteiger partial charge in [0.15, 0.2) is 0 Å². The van der Waals surface area contributed by atoms with Gasteiger partial charge in [-0.05, 0) is 19.1 Å².